The number of piperidine rings is 1. The molecule has 2 fully saturated rings. The van der Waals surface area contributed by atoms with Crippen LogP contribution in [-0.4, -0.2) is 40.1 Å². The number of H-pyrrole nitrogens is 1. The Hall–Kier alpha value is -1.66. The predicted octanol–water partition coefficient (Wildman–Crippen LogP) is 3.55. The van der Waals surface area contributed by atoms with Crippen molar-refractivity contribution in [2.24, 2.45) is 5.41 Å². The molecule has 1 spiro atoms. The lowest BCUT2D eigenvalue weighted by molar-refractivity contribution is 0.0686. The summed E-state index contributed by atoms with van der Waals surface area (Å²) in [7, 11) is 0. The van der Waals surface area contributed by atoms with Crippen LogP contribution in [0.5, 0.6) is 0 Å². The summed E-state index contributed by atoms with van der Waals surface area (Å²) in [4.78, 5) is 15.4. The zero-order chi connectivity index (χ0) is 18.4. The molecule has 0 radical (unpaired) electrons. The zero-order valence-electron chi connectivity index (χ0n) is 15.8. The van der Waals surface area contributed by atoms with E-state index in [0.717, 1.165) is 25.2 Å². The van der Waals surface area contributed by atoms with Crippen molar-refractivity contribution in [1.82, 2.24) is 20.4 Å². The van der Waals surface area contributed by atoms with Gasteiger partial charge in [-0.3, -0.25) is 9.89 Å². The van der Waals surface area contributed by atoms with Gasteiger partial charge in [-0.05, 0) is 66.2 Å². The van der Waals surface area contributed by atoms with Crippen molar-refractivity contribution in [1.29, 1.82) is 0 Å². The number of nitrogens with one attached hydrogen (secondary N) is 2. The molecular formula is C20H28N4OS. The summed E-state index contributed by atoms with van der Waals surface area (Å²) in [6.45, 7) is 9.19. The maximum Gasteiger partial charge on any atom is 0.274 e. The average molecular weight is 373 g/mol. The first kappa shape index (κ1) is 17.7. The number of hydrogen-bond acceptors (Lipinski definition) is 4. The van der Waals surface area contributed by atoms with Crippen LogP contribution >= 0.6 is 11.3 Å². The predicted molar refractivity (Wildman–Crippen MR) is 104 cm³/mol. The van der Waals surface area contributed by atoms with Gasteiger partial charge in [0.1, 0.15) is 5.69 Å². The molecular weight excluding hydrogens is 344 g/mol. The monoisotopic (exact) mass is 372 g/mol. The minimum atomic E-state index is -0.0421. The lowest BCUT2D eigenvalue weighted by Gasteiger charge is -2.29. The highest BCUT2D eigenvalue weighted by molar-refractivity contribution is 7.07. The molecule has 6 heteroatoms. The molecule has 1 aliphatic carbocycles. The lowest BCUT2D eigenvalue weighted by atomic mass is 9.92. The average Bonchev–Trinajstić information content (AvgIpc) is 3.06. The van der Waals surface area contributed by atoms with Crippen LogP contribution in [0.3, 0.4) is 0 Å². The van der Waals surface area contributed by atoms with Crippen LogP contribution in [0.2, 0.25) is 0 Å². The third kappa shape index (κ3) is 3.32. The van der Waals surface area contributed by atoms with Crippen LogP contribution in [0, 0.1) is 5.41 Å². The number of rotatable bonds is 4. The molecule has 5 nitrogen and oxygen atoms in total. The Kier molecular flexibility index (Phi) is 4.43. The molecule has 1 saturated heterocycles. The number of hydrogen-bond donors (Lipinski definition) is 2. The van der Waals surface area contributed by atoms with E-state index >= 15 is 0 Å². The number of amides is 1. The maximum atomic E-state index is 13.4. The largest absolute Gasteiger partial charge is 0.329 e. The first-order valence-electron chi connectivity index (χ1n) is 9.48. The van der Waals surface area contributed by atoms with Gasteiger partial charge in [0.05, 0.1) is 0 Å². The summed E-state index contributed by atoms with van der Waals surface area (Å²) >= 11 is 1.69. The molecule has 1 saturated carbocycles. The van der Waals surface area contributed by atoms with Crippen molar-refractivity contribution < 1.29 is 4.79 Å². The standard InChI is InChI=1S/C20H28N4OS/c1-19(2,3)16-10-15(22-23-16)18(25)24(12-14-4-9-26-13-14)17-11-20(17)5-7-21-8-6-20/h4,9-10,13,17,21H,5-8,11-12H2,1-3H3,(H,22,23). The second-order valence-corrected chi connectivity index (χ2v) is 9.59. The molecule has 4 rings (SSSR count). The Morgan fingerprint density at radius 2 is 2.15 bits per heavy atom. The lowest BCUT2D eigenvalue weighted by Crippen LogP contribution is -2.39. The van der Waals surface area contributed by atoms with Crippen molar-refractivity contribution in [3.63, 3.8) is 0 Å². The van der Waals surface area contributed by atoms with Crippen molar-refractivity contribution in [2.45, 2.75) is 58.0 Å². The number of carbonyl (C=O) groups is 1. The molecule has 2 aromatic rings. The van der Waals surface area contributed by atoms with Crippen molar-refractivity contribution >= 4 is 17.2 Å². The van der Waals surface area contributed by atoms with Crippen molar-refractivity contribution in [3.05, 3.63) is 39.8 Å². The normalized spacial score (nSPS) is 21.7. The van der Waals surface area contributed by atoms with Gasteiger partial charge in [0, 0.05) is 23.7 Å². The van der Waals surface area contributed by atoms with Gasteiger partial charge in [-0.1, -0.05) is 20.8 Å². The summed E-state index contributed by atoms with van der Waals surface area (Å²) in [5, 5.41) is 15.1. The van der Waals surface area contributed by atoms with Gasteiger partial charge >= 0.3 is 0 Å². The molecule has 1 aliphatic heterocycles. The summed E-state index contributed by atoms with van der Waals surface area (Å²) in [5.41, 5.74) is 3.04. The van der Waals surface area contributed by atoms with E-state index < -0.39 is 0 Å². The smallest absolute Gasteiger partial charge is 0.274 e. The third-order valence-corrected chi connectivity index (χ3v) is 6.65. The van der Waals surface area contributed by atoms with E-state index in [1.165, 1.54) is 18.4 Å². The number of aromatic amines is 1. The Balaban J connectivity index is 1.58. The number of nitrogens with zero attached hydrogens (tertiary/aromatic N) is 2. The number of thiophene rings is 1. The summed E-state index contributed by atoms with van der Waals surface area (Å²) in [6, 6.07) is 4.39. The quantitative estimate of drug-likeness (QED) is 0.863. The summed E-state index contributed by atoms with van der Waals surface area (Å²) in [6.07, 6.45) is 3.46. The van der Waals surface area contributed by atoms with Gasteiger partial charge in [0.15, 0.2) is 0 Å². The Labute approximate surface area is 159 Å². The maximum absolute atomic E-state index is 13.4. The van der Waals surface area contributed by atoms with Crippen molar-refractivity contribution in [3.8, 4) is 0 Å². The van der Waals surface area contributed by atoms with E-state index in [1.807, 2.05) is 6.07 Å². The minimum Gasteiger partial charge on any atom is -0.329 e. The minimum absolute atomic E-state index is 0.0421. The fraction of sp³-hybridized carbons (Fsp3) is 0.600. The molecule has 2 aliphatic rings. The molecule has 2 aromatic heterocycles. The second-order valence-electron chi connectivity index (χ2n) is 8.81. The van der Waals surface area contributed by atoms with Gasteiger partial charge in [-0.15, -0.1) is 0 Å². The SMILES string of the molecule is CC(C)(C)c1cc(C(=O)N(Cc2ccsc2)C2CC23CCNCC3)n[nH]1. The molecule has 1 unspecified atom stereocenters. The van der Waals surface area contributed by atoms with Gasteiger partial charge in [0.2, 0.25) is 0 Å². The third-order valence-electron chi connectivity index (χ3n) is 5.92. The van der Waals surface area contributed by atoms with E-state index in [-0.39, 0.29) is 11.3 Å². The van der Waals surface area contributed by atoms with E-state index in [4.69, 9.17) is 0 Å². The Bertz CT molecular complexity index is 768. The first-order chi connectivity index (χ1) is 12.4. The number of aromatic nitrogens is 2. The molecule has 140 valence electrons. The highest BCUT2D eigenvalue weighted by Gasteiger charge is 2.58. The zero-order valence-corrected chi connectivity index (χ0v) is 16.7. The molecule has 0 bridgehead atoms. The van der Waals surface area contributed by atoms with Crippen LogP contribution in [0.15, 0.2) is 22.9 Å². The molecule has 3 heterocycles. The molecule has 2 N–H and O–H groups in total. The van der Waals surface area contributed by atoms with Crippen LogP contribution in [-0.2, 0) is 12.0 Å². The Morgan fingerprint density at radius 1 is 1.38 bits per heavy atom. The first-order valence-corrected chi connectivity index (χ1v) is 10.4. The van der Waals surface area contributed by atoms with Gasteiger partial charge in [0.25, 0.3) is 5.91 Å². The topological polar surface area (TPSA) is 61.0 Å². The fourth-order valence-corrected chi connectivity index (χ4v) is 4.75. The molecule has 1 amide bonds. The van der Waals surface area contributed by atoms with E-state index in [2.05, 4.69) is 58.0 Å². The van der Waals surface area contributed by atoms with Crippen LogP contribution < -0.4 is 5.32 Å². The van der Waals surface area contributed by atoms with Crippen molar-refractivity contribution in [2.75, 3.05) is 13.1 Å². The summed E-state index contributed by atoms with van der Waals surface area (Å²) in [5.74, 6) is 0.0587. The van der Waals surface area contributed by atoms with E-state index in [9.17, 15) is 4.79 Å². The molecule has 0 aromatic carbocycles. The van der Waals surface area contributed by atoms with E-state index in [0.29, 0.717) is 23.7 Å². The van der Waals surface area contributed by atoms with Crippen LogP contribution in [0.4, 0.5) is 0 Å². The number of carbonyl (C=O) groups excluding carboxylic acids is 1. The second kappa shape index (κ2) is 6.50. The fourth-order valence-electron chi connectivity index (χ4n) is 4.09. The molecule has 26 heavy (non-hydrogen) atoms. The summed E-state index contributed by atoms with van der Waals surface area (Å²) < 4.78 is 0. The van der Waals surface area contributed by atoms with E-state index in [1.54, 1.807) is 11.3 Å². The van der Waals surface area contributed by atoms with Gasteiger partial charge < -0.3 is 10.2 Å². The molecule has 1 atom stereocenters. The van der Waals surface area contributed by atoms with Gasteiger partial charge in [-0.25, -0.2) is 0 Å². The van der Waals surface area contributed by atoms with Crippen LogP contribution in [0.25, 0.3) is 0 Å². The van der Waals surface area contributed by atoms with Crippen LogP contribution in [0.1, 0.15) is 61.8 Å². The van der Waals surface area contributed by atoms with Gasteiger partial charge in [-0.2, -0.15) is 16.4 Å². The Morgan fingerprint density at radius 3 is 2.77 bits per heavy atom. The highest BCUT2D eigenvalue weighted by atomic mass is 32.1. The highest BCUT2D eigenvalue weighted by Crippen LogP contribution is 2.56.